The first kappa shape index (κ1) is 18.0. The molecule has 0 aliphatic heterocycles. The monoisotopic (exact) mass is 366 g/mol. The zero-order valence-corrected chi connectivity index (χ0v) is 12.7. The topological polar surface area (TPSA) is 0 Å². The van der Waals surface area contributed by atoms with Crippen molar-refractivity contribution in [3.05, 3.63) is 0 Å². The van der Waals surface area contributed by atoms with Crippen molar-refractivity contribution in [3.63, 3.8) is 0 Å². The summed E-state index contributed by atoms with van der Waals surface area (Å²) in [7, 11) is 0. The van der Waals surface area contributed by atoms with Gasteiger partial charge in [-0.1, -0.05) is 104 Å². The highest BCUT2D eigenvalue weighted by molar-refractivity contribution is 6.83. The Bertz CT molecular complexity index is 115. The fourth-order valence-corrected chi connectivity index (χ4v) is 0. The molecule has 0 spiro atoms. The predicted molar refractivity (Wildman–Crippen MR) is 66.5 cm³/mol. The van der Waals surface area contributed by atoms with Crippen LogP contribution in [-0.4, -0.2) is 11.4 Å². The summed E-state index contributed by atoms with van der Waals surface area (Å²) in [4.78, 5) is 0. The van der Waals surface area contributed by atoms with E-state index in [1.54, 1.807) is 0 Å². The van der Waals surface area contributed by atoms with Gasteiger partial charge in [0.1, 0.15) is 0 Å². The van der Waals surface area contributed by atoms with Gasteiger partial charge in [-0.05, 0) is 6.92 Å². The quantitative estimate of drug-likeness (QED) is 0.452. The molecule has 0 radical (unpaired) electrons. The van der Waals surface area contributed by atoms with Crippen LogP contribution in [0, 0.1) is 0 Å². The van der Waals surface area contributed by atoms with Crippen LogP contribution in [-0.2, 0) is 0 Å². The van der Waals surface area contributed by atoms with Crippen LogP contribution in [0.1, 0.15) is 6.92 Å². The second-order valence-electron chi connectivity index (χ2n) is 1.78. The van der Waals surface area contributed by atoms with E-state index in [-0.39, 0.29) is 0 Å². The van der Waals surface area contributed by atoms with Crippen molar-refractivity contribution in [2.45, 2.75) is 18.3 Å². The smallest absolute Gasteiger partial charge is 0.0840 e. The van der Waals surface area contributed by atoms with Gasteiger partial charge >= 0.3 is 0 Å². The fraction of sp³-hybridized carbons (Fsp3) is 1.00. The van der Waals surface area contributed by atoms with Gasteiger partial charge in [-0.15, -0.1) is 0 Å². The molecule has 0 amide bonds. The SMILES string of the molecule is CC(Cl)(Cl)Cl.ClC(Cl)(Cl)C(Cl)(Cl)Cl. The van der Waals surface area contributed by atoms with Gasteiger partial charge in [0.25, 0.3) is 0 Å². The Balaban J connectivity index is 0. The van der Waals surface area contributed by atoms with Crippen LogP contribution in [0.25, 0.3) is 0 Å². The minimum Gasteiger partial charge on any atom is -0.0840 e. The lowest BCUT2D eigenvalue weighted by atomic mass is 10.9. The van der Waals surface area contributed by atoms with Crippen molar-refractivity contribution in [3.8, 4) is 0 Å². The van der Waals surface area contributed by atoms with Crippen LogP contribution in [0.4, 0.5) is 0 Å². The number of hydrogen-bond acceptors (Lipinski definition) is 0. The Morgan fingerprint density at radius 1 is 0.538 bits per heavy atom. The molecular weight excluding hydrogens is 367 g/mol. The second kappa shape index (κ2) is 6.37. The summed E-state index contributed by atoms with van der Waals surface area (Å²) in [5.41, 5.74) is 0. The molecule has 0 nitrogen and oxygen atoms in total. The van der Waals surface area contributed by atoms with Crippen molar-refractivity contribution in [2.24, 2.45) is 0 Å². The van der Waals surface area contributed by atoms with Crippen LogP contribution >= 0.6 is 104 Å². The number of rotatable bonds is 0. The van der Waals surface area contributed by atoms with Crippen LogP contribution in [0.2, 0.25) is 0 Å². The van der Waals surface area contributed by atoms with E-state index in [4.69, 9.17) is 104 Å². The van der Waals surface area contributed by atoms with Crippen molar-refractivity contribution < 1.29 is 0 Å². The largest absolute Gasteiger partial charge is 0.236 e. The Hall–Kier alpha value is 2.61. The molecule has 0 N–H and O–H groups in total. The van der Waals surface area contributed by atoms with E-state index in [1.807, 2.05) is 0 Å². The van der Waals surface area contributed by atoms with Crippen molar-refractivity contribution >= 4 is 104 Å². The Kier molecular flexibility index (Phi) is 8.82. The summed E-state index contributed by atoms with van der Waals surface area (Å²) in [6.45, 7) is 1.48. The zero-order chi connectivity index (χ0) is 11.5. The van der Waals surface area contributed by atoms with E-state index < -0.39 is 11.4 Å². The Morgan fingerprint density at radius 2 is 0.615 bits per heavy atom. The Labute approximate surface area is 122 Å². The van der Waals surface area contributed by atoms with Gasteiger partial charge in [-0.3, -0.25) is 0 Å². The summed E-state index contributed by atoms with van der Waals surface area (Å²) in [5.74, 6) is 0. The van der Waals surface area contributed by atoms with E-state index in [2.05, 4.69) is 0 Å². The number of halogens is 9. The van der Waals surface area contributed by atoms with Gasteiger partial charge in [0.05, 0.1) is 0 Å². The van der Waals surface area contributed by atoms with Crippen molar-refractivity contribution in [1.82, 2.24) is 0 Å². The van der Waals surface area contributed by atoms with Crippen molar-refractivity contribution in [2.75, 3.05) is 0 Å². The maximum absolute atomic E-state index is 5.14. The van der Waals surface area contributed by atoms with E-state index in [0.717, 1.165) is 0 Å². The van der Waals surface area contributed by atoms with Crippen molar-refractivity contribution in [1.29, 1.82) is 0 Å². The molecule has 0 saturated carbocycles. The molecule has 13 heavy (non-hydrogen) atoms. The molecule has 0 saturated heterocycles. The van der Waals surface area contributed by atoms with E-state index in [1.165, 1.54) is 6.92 Å². The molecule has 0 unspecified atom stereocenters. The molecule has 9 heteroatoms. The molecule has 82 valence electrons. The molecule has 0 rings (SSSR count). The average molecular weight is 370 g/mol. The van der Waals surface area contributed by atoms with Gasteiger partial charge in [0.15, 0.2) is 3.79 Å². The fourth-order valence-electron chi connectivity index (χ4n) is 0. The molecule has 0 aromatic rings. The highest BCUT2D eigenvalue weighted by Crippen LogP contribution is 2.48. The summed E-state index contributed by atoms with van der Waals surface area (Å²) in [6, 6.07) is 0. The standard InChI is InChI=1S/C2Cl6.C2H3Cl3/c3-1(4,5)2(6,7)8;1-2(3,4)5/h;1H3. The second-order valence-corrected chi connectivity index (χ2v) is 9.19. The van der Waals surface area contributed by atoms with Gasteiger partial charge in [0.2, 0.25) is 7.59 Å². The predicted octanol–water partition coefficient (Wildman–Crippen LogP) is 6.10. The molecular formula is C4H3Cl9. The van der Waals surface area contributed by atoms with Gasteiger partial charge < -0.3 is 0 Å². The van der Waals surface area contributed by atoms with E-state index in [9.17, 15) is 0 Å². The minimum absolute atomic E-state index is 1.08. The lowest BCUT2D eigenvalue weighted by Crippen LogP contribution is -2.23. The van der Waals surface area contributed by atoms with E-state index >= 15 is 0 Å². The first-order valence-corrected chi connectivity index (χ1v) is 5.85. The van der Waals surface area contributed by atoms with Crippen LogP contribution < -0.4 is 0 Å². The van der Waals surface area contributed by atoms with Crippen LogP contribution in [0.5, 0.6) is 0 Å². The lowest BCUT2D eigenvalue weighted by molar-refractivity contribution is 1.10. The molecule has 0 aromatic heterocycles. The lowest BCUT2D eigenvalue weighted by Gasteiger charge is -2.19. The molecule has 0 bridgehead atoms. The summed E-state index contributed by atoms with van der Waals surface area (Å²) in [6.07, 6.45) is 0. The maximum atomic E-state index is 5.14. The van der Waals surface area contributed by atoms with E-state index in [0.29, 0.717) is 0 Å². The number of hydrogen-bond donors (Lipinski definition) is 0. The third-order valence-electron chi connectivity index (χ3n) is 0.321. The highest BCUT2D eigenvalue weighted by Gasteiger charge is 2.43. The van der Waals surface area contributed by atoms with Gasteiger partial charge in [0, 0.05) is 0 Å². The van der Waals surface area contributed by atoms with Gasteiger partial charge in [-0.25, -0.2) is 0 Å². The average Bonchev–Trinajstić information content (AvgIpc) is 1.50. The Morgan fingerprint density at radius 3 is 0.615 bits per heavy atom. The molecule has 0 atom stereocenters. The minimum atomic E-state index is -1.85. The zero-order valence-electron chi connectivity index (χ0n) is 5.90. The summed E-state index contributed by atoms with van der Waals surface area (Å²) < 4.78 is -4.78. The van der Waals surface area contributed by atoms with Crippen LogP contribution in [0.3, 0.4) is 0 Å². The third kappa shape index (κ3) is 17.2. The first-order chi connectivity index (χ1) is 5.25. The number of alkyl halides is 9. The first-order valence-electron chi connectivity index (χ1n) is 2.45. The highest BCUT2D eigenvalue weighted by atomic mass is 35.6. The van der Waals surface area contributed by atoms with Crippen LogP contribution in [0.15, 0.2) is 0 Å². The molecule has 0 heterocycles. The molecule has 0 aliphatic rings. The summed E-state index contributed by atoms with van der Waals surface area (Å²) in [5, 5.41) is 0. The summed E-state index contributed by atoms with van der Waals surface area (Å²) >= 11 is 46.0. The third-order valence-corrected chi connectivity index (χ3v) is 2.89. The molecule has 0 fully saturated rings. The molecule has 0 aromatic carbocycles. The molecule has 0 aliphatic carbocycles. The maximum Gasteiger partial charge on any atom is 0.236 e. The normalized spacial score (nSPS) is 13.4. The van der Waals surface area contributed by atoms with Gasteiger partial charge in [-0.2, -0.15) is 0 Å².